The van der Waals surface area contributed by atoms with Crippen LogP contribution < -0.4 is 0 Å². The lowest BCUT2D eigenvalue weighted by Crippen LogP contribution is -2.11. The van der Waals surface area contributed by atoms with E-state index in [9.17, 15) is 0 Å². The van der Waals surface area contributed by atoms with Crippen molar-refractivity contribution < 1.29 is 0 Å². The Balaban J connectivity index is 3.32. The molecule has 0 N–H and O–H groups in total. The molecule has 0 saturated carbocycles. The summed E-state index contributed by atoms with van der Waals surface area (Å²) in [4.78, 5) is 0. The van der Waals surface area contributed by atoms with E-state index in [0.29, 0.717) is 5.15 Å². The predicted molar refractivity (Wildman–Crippen MR) is 54.6 cm³/mol. The molecule has 68 valence electrons. The third kappa shape index (κ3) is 1.67. The molecule has 1 heterocycles. The first-order valence-corrected chi connectivity index (χ1v) is 4.89. The smallest absolute Gasteiger partial charge is 0.155 e. The van der Waals surface area contributed by atoms with Gasteiger partial charge in [0.2, 0.25) is 0 Å². The summed E-state index contributed by atoms with van der Waals surface area (Å²) in [6.07, 6.45) is 0. The van der Waals surface area contributed by atoms with Crippen LogP contribution in [-0.4, -0.2) is 9.78 Å². The van der Waals surface area contributed by atoms with Crippen LogP contribution in [0.4, 0.5) is 0 Å². The van der Waals surface area contributed by atoms with Crippen molar-refractivity contribution in [3.63, 3.8) is 0 Å². The number of rotatable bonds is 0. The average molecular weight is 252 g/mol. The predicted octanol–water partition coefficient (Wildman–Crippen LogP) is 3.13. The molecule has 0 amide bonds. The van der Waals surface area contributed by atoms with E-state index in [1.807, 2.05) is 7.05 Å². The molecule has 0 unspecified atom stereocenters. The van der Waals surface area contributed by atoms with Gasteiger partial charge in [-0.3, -0.25) is 4.68 Å². The van der Waals surface area contributed by atoms with Gasteiger partial charge in [-0.1, -0.05) is 32.4 Å². The van der Waals surface area contributed by atoms with Crippen molar-refractivity contribution in [1.29, 1.82) is 0 Å². The number of hydrogen-bond donors (Lipinski definition) is 0. The lowest BCUT2D eigenvalue weighted by atomic mass is 9.90. The molecule has 1 rings (SSSR count). The van der Waals surface area contributed by atoms with Gasteiger partial charge in [-0.15, -0.1) is 0 Å². The fraction of sp³-hybridized carbons (Fsp3) is 0.625. The highest BCUT2D eigenvalue weighted by Gasteiger charge is 2.24. The van der Waals surface area contributed by atoms with E-state index in [1.165, 1.54) is 0 Å². The molecule has 0 aliphatic rings. The van der Waals surface area contributed by atoms with Crippen molar-refractivity contribution in [2.75, 3.05) is 0 Å². The lowest BCUT2D eigenvalue weighted by molar-refractivity contribution is 0.585. The Kier molecular flexibility index (Phi) is 2.55. The topological polar surface area (TPSA) is 17.8 Å². The second-order valence-corrected chi connectivity index (χ2v) is 4.94. The normalized spacial score (nSPS) is 12.2. The van der Waals surface area contributed by atoms with Crippen LogP contribution in [0.15, 0.2) is 4.60 Å². The summed E-state index contributed by atoms with van der Waals surface area (Å²) in [5.41, 5.74) is 1.09. The summed E-state index contributed by atoms with van der Waals surface area (Å²) >= 11 is 9.43. The molecule has 2 nitrogen and oxygen atoms in total. The Morgan fingerprint density at radius 3 is 2.08 bits per heavy atom. The fourth-order valence-corrected chi connectivity index (χ4v) is 2.55. The van der Waals surface area contributed by atoms with E-state index in [2.05, 4.69) is 41.8 Å². The molecule has 0 radical (unpaired) electrons. The molecule has 1 aromatic heterocycles. The van der Waals surface area contributed by atoms with E-state index in [0.717, 1.165) is 10.2 Å². The van der Waals surface area contributed by atoms with Crippen molar-refractivity contribution in [3.8, 4) is 0 Å². The van der Waals surface area contributed by atoms with E-state index < -0.39 is 0 Å². The van der Waals surface area contributed by atoms with Gasteiger partial charge in [0.25, 0.3) is 0 Å². The quantitative estimate of drug-likeness (QED) is 0.693. The van der Waals surface area contributed by atoms with Gasteiger partial charge in [-0.05, 0) is 21.3 Å². The highest BCUT2D eigenvalue weighted by molar-refractivity contribution is 9.10. The van der Waals surface area contributed by atoms with Gasteiger partial charge in [0, 0.05) is 12.6 Å². The Bertz CT molecular complexity index is 299. The molecule has 0 atom stereocenters. The maximum absolute atomic E-state index is 5.97. The van der Waals surface area contributed by atoms with Crippen molar-refractivity contribution in [2.45, 2.75) is 26.2 Å². The maximum atomic E-state index is 5.97. The highest BCUT2D eigenvalue weighted by atomic mass is 79.9. The molecule has 4 heteroatoms. The van der Waals surface area contributed by atoms with Crippen LogP contribution in [-0.2, 0) is 12.5 Å². The number of nitrogens with zero attached hydrogens (tertiary/aromatic N) is 2. The van der Waals surface area contributed by atoms with Gasteiger partial charge in [-0.2, -0.15) is 5.10 Å². The summed E-state index contributed by atoms with van der Waals surface area (Å²) < 4.78 is 2.70. The van der Waals surface area contributed by atoms with Crippen molar-refractivity contribution in [3.05, 3.63) is 15.3 Å². The number of halogens is 2. The maximum Gasteiger partial charge on any atom is 0.155 e. The first kappa shape index (κ1) is 10.1. The van der Waals surface area contributed by atoms with Crippen LogP contribution in [0.5, 0.6) is 0 Å². The standard InChI is InChI=1S/C8H12BrClN2/c1-8(2,3)5-6(9)12(4)11-7(5)10/h1-4H3. The van der Waals surface area contributed by atoms with Crippen LogP contribution in [0.1, 0.15) is 26.3 Å². The fourth-order valence-electron chi connectivity index (χ4n) is 1.09. The van der Waals surface area contributed by atoms with Crippen LogP contribution in [0.3, 0.4) is 0 Å². The van der Waals surface area contributed by atoms with Gasteiger partial charge in [0.1, 0.15) is 4.60 Å². The molecule has 12 heavy (non-hydrogen) atoms. The summed E-state index contributed by atoms with van der Waals surface area (Å²) in [6.45, 7) is 6.34. The van der Waals surface area contributed by atoms with E-state index >= 15 is 0 Å². The second-order valence-electron chi connectivity index (χ2n) is 3.83. The molecule has 0 saturated heterocycles. The minimum atomic E-state index is 0.0319. The average Bonchev–Trinajstić information content (AvgIpc) is 2.05. The molecule has 0 fully saturated rings. The third-order valence-electron chi connectivity index (χ3n) is 1.68. The number of hydrogen-bond acceptors (Lipinski definition) is 1. The van der Waals surface area contributed by atoms with Crippen LogP contribution in [0.2, 0.25) is 5.15 Å². The second kappa shape index (κ2) is 3.04. The molecule has 0 aliphatic carbocycles. The number of aryl methyl sites for hydroxylation is 1. The highest BCUT2D eigenvalue weighted by Crippen LogP contribution is 2.34. The van der Waals surface area contributed by atoms with E-state index in [1.54, 1.807) is 4.68 Å². The van der Waals surface area contributed by atoms with Gasteiger partial charge >= 0.3 is 0 Å². The van der Waals surface area contributed by atoms with Crippen molar-refractivity contribution in [1.82, 2.24) is 9.78 Å². The zero-order chi connectivity index (χ0) is 9.52. The van der Waals surface area contributed by atoms with Crippen molar-refractivity contribution in [2.24, 2.45) is 7.05 Å². The molecule has 1 aromatic rings. The Hall–Kier alpha value is -0.0200. The van der Waals surface area contributed by atoms with Gasteiger partial charge < -0.3 is 0 Å². The lowest BCUT2D eigenvalue weighted by Gasteiger charge is -2.17. The summed E-state index contributed by atoms with van der Waals surface area (Å²) in [7, 11) is 1.87. The SMILES string of the molecule is Cn1nc(Cl)c(C(C)(C)C)c1Br. The van der Waals surface area contributed by atoms with Crippen molar-refractivity contribution >= 4 is 27.5 Å². The van der Waals surface area contributed by atoms with Crippen LogP contribution >= 0.6 is 27.5 Å². The first-order chi connectivity index (χ1) is 5.34. The minimum Gasteiger partial charge on any atom is -0.260 e. The Labute approximate surface area is 86.0 Å². The molecule has 0 aliphatic heterocycles. The molecule has 0 spiro atoms. The monoisotopic (exact) mass is 250 g/mol. The van der Waals surface area contributed by atoms with Crippen LogP contribution in [0.25, 0.3) is 0 Å². The van der Waals surface area contributed by atoms with Gasteiger partial charge in [0.15, 0.2) is 5.15 Å². The van der Waals surface area contributed by atoms with Gasteiger partial charge in [-0.25, -0.2) is 0 Å². The zero-order valence-corrected chi connectivity index (χ0v) is 9.99. The summed E-state index contributed by atoms with van der Waals surface area (Å²) in [5.74, 6) is 0. The third-order valence-corrected chi connectivity index (χ3v) is 2.86. The number of aromatic nitrogens is 2. The Morgan fingerprint density at radius 2 is 1.92 bits per heavy atom. The van der Waals surface area contributed by atoms with Crippen LogP contribution in [0, 0.1) is 0 Å². The van der Waals surface area contributed by atoms with E-state index in [-0.39, 0.29) is 5.41 Å². The zero-order valence-electron chi connectivity index (χ0n) is 7.65. The summed E-state index contributed by atoms with van der Waals surface area (Å²) in [5, 5.41) is 4.69. The van der Waals surface area contributed by atoms with E-state index in [4.69, 9.17) is 11.6 Å². The minimum absolute atomic E-state index is 0.0319. The molecule has 0 aromatic carbocycles. The summed E-state index contributed by atoms with van der Waals surface area (Å²) in [6, 6.07) is 0. The molecule has 0 bridgehead atoms. The Morgan fingerprint density at radius 1 is 1.42 bits per heavy atom. The van der Waals surface area contributed by atoms with Gasteiger partial charge in [0.05, 0.1) is 0 Å². The first-order valence-electron chi connectivity index (χ1n) is 3.72. The molecular weight excluding hydrogens is 239 g/mol. The molecular formula is C8H12BrClN2. The largest absolute Gasteiger partial charge is 0.260 e.